The Balaban J connectivity index is 2.45. The zero-order valence-corrected chi connectivity index (χ0v) is 11.6. The zero-order chi connectivity index (χ0) is 15.9. The highest BCUT2D eigenvalue weighted by Gasteiger charge is 2.30. The average Bonchev–Trinajstić information content (AvgIpc) is 2.43. The first-order valence-corrected chi connectivity index (χ1v) is 6.44. The third kappa shape index (κ3) is 6.97. The van der Waals surface area contributed by atoms with E-state index in [-0.39, 0.29) is 19.7 Å². The first-order valence-electron chi connectivity index (χ1n) is 6.44. The normalized spacial score (nSPS) is 13.0. The van der Waals surface area contributed by atoms with Gasteiger partial charge in [0.25, 0.3) is 0 Å². The zero-order valence-electron chi connectivity index (χ0n) is 11.6. The number of likely N-dealkylation sites (N-methyl/N-ethyl adjacent to an activating group) is 1. The predicted octanol–water partition coefficient (Wildman–Crippen LogP) is 2.18. The highest BCUT2D eigenvalue weighted by Crippen LogP contribution is 2.17. The lowest BCUT2D eigenvalue weighted by atomic mass is 10.2. The van der Waals surface area contributed by atoms with Crippen molar-refractivity contribution in [3.63, 3.8) is 0 Å². The molecule has 0 heterocycles. The summed E-state index contributed by atoms with van der Waals surface area (Å²) in [4.78, 5) is 1.10. The van der Waals surface area contributed by atoms with Crippen molar-refractivity contribution < 1.29 is 23.0 Å². The number of aliphatic hydroxyl groups is 1. The number of hydrogen-bond donors (Lipinski definition) is 1. The summed E-state index contributed by atoms with van der Waals surface area (Å²) >= 11 is 0. The van der Waals surface area contributed by atoms with Crippen LogP contribution in [-0.4, -0.2) is 48.5 Å². The van der Waals surface area contributed by atoms with Crippen LogP contribution < -0.4 is 4.74 Å². The van der Waals surface area contributed by atoms with Crippen LogP contribution in [-0.2, 0) is 0 Å². The molecule has 0 spiro atoms. The molecule has 0 aliphatic carbocycles. The van der Waals surface area contributed by atoms with E-state index in [1.807, 2.05) is 6.07 Å². The van der Waals surface area contributed by atoms with Crippen molar-refractivity contribution in [3.05, 3.63) is 29.8 Å². The second kappa shape index (κ2) is 7.86. The molecule has 0 bridgehead atoms. The standard InChI is InChI=1S/C14H17F3N2O2/c1-2-19(10-14(15,16)17)8-12(20)9-21-13-5-3-4-11(6-13)7-18/h3-6,12,20H,2,8-10H2,1H3. The third-order valence-corrected chi connectivity index (χ3v) is 2.72. The maximum Gasteiger partial charge on any atom is 0.401 e. The van der Waals surface area contributed by atoms with Crippen LogP contribution in [0, 0.1) is 11.3 Å². The van der Waals surface area contributed by atoms with E-state index in [2.05, 4.69) is 0 Å². The Kier molecular flexibility index (Phi) is 6.46. The van der Waals surface area contributed by atoms with Gasteiger partial charge < -0.3 is 9.84 Å². The molecule has 7 heteroatoms. The van der Waals surface area contributed by atoms with Crippen LogP contribution in [0.4, 0.5) is 13.2 Å². The molecule has 1 N–H and O–H groups in total. The van der Waals surface area contributed by atoms with Gasteiger partial charge in [-0.3, -0.25) is 4.90 Å². The summed E-state index contributed by atoms with van der Waals surface area (Å²) in [6.07, 6.45) is -5.34. The summed E-state index contributed by atoms with van der Waals surface area (Å²) in [7, 11) is 0. The number of alkyl halides is 3. The van der Waals surface area contributed by atoms with Gasteiger partial charge in [-0.25, -0.2) is 0 Å². The number of nitrogens with zero attached hydrogens (tertiary/aromatic N) is 2. The minimum absolute atomic E-state index is 0.131. The van der Waals surface area contributed by atoms with E-state index in [1.165, 1.54) is 6.07 Å². The molecule has 4 nitrogen and oxygen atoms in total. The van der Waals surface area contributed by atoms with Crippen LogP contribution in [0.5, 0.6) is 5.75 Å². The maximum atomic E-state index is 12.3. The second-order valence-electron chi connectivity index (χ2n) is 4.55. The van der Waals surface area contributed by atoms with E-state index in [0.717, 1.165) is 4.90 Å². The number of aliphatic hydroxyl groups excluding tert-OH is 1. The first-order chi connectivity index (χ1) is 9.84. The summed E-state index contributed by atoms with van der Waals surface area (Å²) in [5.41, 5.74) is 0.411. The number of ether oxygens (including phenoxy) is 1. The molecular weight excluding hydrogens is 285 g/mol. The van der Waals surface area contributed by atoms with E-state index in [4.69, 9.17) is 10.00 Å². The van der Waals surface area contributed by atoms with Crippen molar-refractivity contribution >= 4 is 0 Å². The molecule has 1 rings (SSSR count). The number of halogens is 3. The molecule has 1 aromatic carbocycles. The Bertz CT molecular complexity index is 486. The Morgan fingerprint density at radius 1 is 1.43 bits per heavy atom. The van der Waals surface area contributed by atoms with Gasteiger partial charge >= 0.3 is 6.18 Å². The molecule has 0 saturated carbocycles. The van der Waals surface area contributed by atoms with Gasteiger partial charge in [0.1, 0.15) is 18.5 Å². The summed E-state index contributed by atoms with van der Waals surface area (Å²) in [6, 6.07) is 8.29. The second-order valence-corrected chi connectivity index (χ2v) is 4.55. The molecule has 0 aliphatic heterocycles. The number of benzene rings is 1. The van der Waals surface area contributed by atoms with Crippen molar-refractivity contribution in [1.29, 1.82) is 5.26 Å². The number of rotatable bonds is 7. The van der Waals surface area contributed by atoms with E-state index in [9.17, 15) is 18.3 Å². The molecule has 1 aromatic rings. The van der Waals surface area contributed by atoms with Crippen molar-refractivity contribution in [1.82, 2.24) is 4.90 Å². The van der Waals surface area contributed by atoms with Crippen LogP contribution in [0.25, 0.3) is 0 Å². The van der Waals surface area contributed by atoms with Gasteiger partial charge in [-0.1, -0.05) is 13.0 Å². The van der Waals surface area contributed by atoms with Crippen LogP contribution in [0.1, 0.15) is 12.5 Å². The highest BCUT2D eigenvalue weighted by molar-refractivity contribution is 5.36. The van der Waals surface area contributed by atoms with Crippen molar-refractivity contribution in [2.24, 2.45) is 0 Å². The smallest absolute Gasteiger partial charge is 0.401 e. The van der Waals surface area contributed by atoms with E-state index < -0.39 is 18.8 Å². The molecule has 0 aromatic heterocycles. The monoisotopic (exact) mass is 302 g/mol. The lowest BCUT2D eigenvalue weighted by Crippen LogP contribution is -2.40. The van der Waals surface area contributed by atoms with Crippen molar-refractivity contribution in [3.8, 4) is 11.8 Å². The predicted molar refractivity (Wildman–Crippen MR) is 70.8 cm³/mol. The Morgan fingerprint density at radius 2 is 2.14 bits per heavy atom. The van der Waals surface area contributed by atoms with Crippen LogP contribution in [0.15, 0.2) is 24.3 Å². The fourth-order valence-corrected chi connectivity index (χ4v) is 1.76. The number of nitriles is 1. The van der Waals surface area contributed by atoms with E-state index in [0.29, 0.717) is 11.3 Å². The molecule has 0 amide bonds. The first kappa shape index (κ1) is 17.3. The third-order valence-electron chi connectivity index (χ3n) is 2.72. The molecule has 116 valence electrons. The number of hydrogen-bond acceptors (Lipinski definition) is 4. The van der Waals surface area contributed by atoms with Gasteiger partial charge in [0.05, 0.1) is 18.2 Å². The average molecular weight is 302 g/mol. The summed E-state index contributed by atoms with van der Waals surface area (Å²) < 4.78 is 42.2. The van der Waals surface area contributed by atoms with Crippen molar-refractivity contribution in [2.45, 2.75) is 19.2 Å². The Hall–Kier alpha value is -1.78. The molecule has 1 unspecified atom stereocenters. The largest absolute Gasteiger partial charge is 0.491 e. The summed E-state index contributed by atoms with van der Waals surface area (Å²) in [6.45, 7) is 0.442. The lowest BCUT2D eigenvalue weighted by Gasteiger charge is -2.24. The van der Waals surface area contributed by atoms with Crippen LogP contribution >= 0.6 is 0 Å². The molecule has 0 radical (unpaired) electrons. The summed E-state index contributed by atoms with van der Waals surface area (Å²) in [5.74, 6) is 0.395. The van der Waals surface area contributed by atoms with Gasteiger partial charge in [0.2, 0.25) is 0 Å². The van der Waals surface area contributed by atoms with Gasteiger partial charge in [-0.2, -0.15) is 18.4 Å². The lowest BCUT2D eigenvalue weighted by molar-refractivity contribution is -0.148. The van der Waals surface area contributed by atoms with Crippen LogP contribution in [0.3, 0.4) is 0 Å². The Labute approximate surface area is 121 Å². The van der Waals surface area contributed by atoms with Gasteiger partial charge in [0.15, 0.2) is 0 Å². The molecule has 21 heavy (non-hydrogen) atoms. The fraction of sp³-hybridized carbons (Fsp3) is 0.500. The molecule has 0 saturated heterocycles. The van der Waals surface area contributed by atoms with Gasteiger partial charge in [-0.15, -0.1) is 0 Å². The Morgan fingerprint density at radius 3 is 2.71 bits per heavy atom. The fourth-order valence-electron chi connectivity index (χ4n) is 1.76. The van der Waals surface area contributed by atoms with E-state index >= 15 is 0 Å². The minimum atomic E-state index is -4.29. The van der Waals surface area contributed by atoms with Gasteiger partial charge in [-0.05, 0) is 24.7 Å². The van der Waals surface area contributed by atoms with E-state index in [1.54, 1.807) is 25.1 Å². The van der Waals surface area contributed by atoms with Crippen molar-refractivity contribution in [2.75, 3.05) is 26.2 Å². The molecule has 0 fully saturated rings. The summed E-state index contributed by atoms with van der Waals surface area (Å²) in [5, 5.41) is 18.5. The topological polar surface area (TPSA) is 56.5 Å². The van der Waals surface area contributed by atoms with Crippen LogP contribution in [0.2, 0.25) is 0 Å². The minimum Gasteiger partial charge on any atom is -0.491 e. The molecule has 0 aliphatic rings. The molecular formula is C14H17F3N2O2. The quantitative estimate of drug-likeness (QED) is 0.839. The SMILES string of the molecule is CCN(CC(O)COc1cccc(C#N)c1)CC(F)(F)F. The molecule has 1 atom stereocenters. The maximum absolute atomic E-state index is 12.3. The van der Waals surface area contributed by atoms with Gasteiger partial charge in [0, 0.05) is 6.54 Å². The highest BCUT2D eigenvalue weighted by atomic mass is 19.4.